The van der Waals surface area contributed by atoms with E-state index in [1.165, 1.54) is 43.2 Å². The summed E-state index contributed by atoms with van der Waals surface area (Å²) in [6, 6.07) is 9.75. The van der Waals surface area contributed by atoms with Crippen LogP contribution in [0.25, 0.3) is 0 Å². The minimum atomic E-state index is 0.745. The van der Waals surface area contributed by atoms with Crippen molar-refractivity contribution < 1.29 is 0 Å². The molecule has 1 saturated carbocycles. The number of benzene rings is 1. The summed E-state index contributed by atoms with van der Waals surface area (Å²) in [6.07, 6.45) is 6.83. The second-order valence-corrected chi connectivity index (χ2v) is 5.40. The fourth-order valence-electron chi connectivity index (χ4n) is 3.12. The van der Waals surface area contributed by atoms with Crippen molar-refractivity contribution in [3.8, 4) is 0 Å². The molecule has 1 aromatic rings. The van der Waals surface area contributed by atoms with Gasteiger partial charge >= 0.3 is 0 Å². The first-order valence-corrected chi connectivity index (χ1v) is 7.08. The molecule has 2 rings (SSSR count). The molecule has 1 aromatic carbocycles. The van der Waals surface area contributed by atoms with Gasteiger partial charge in [-0.3, -0.25) is 0 Å². The summed E-state index contributed by atoms with van der Waals surface area (Å²) in [5.41, 5.74) is 2.90. The van der Waals surface area contributed by atoms with Crippen LogP contribution >= 0.6 is 0 Å². The normalized spacial score (nSPS) is 24.8. The van der Waals surface area contributed by atoms with Crippen molar-refractivity contribution in [2.45, 2.75) is 52.0 Å². The highest BCUT2D eigenvalue weighted by Gasteiger charge is 2.24. The molecule has 1 heteroatoms. The van der Waals surface area contributed by atoms with Crippen LogP contribution in [0.4, 0.5) is 0 Å². The molecule has 2 atom stereocenters. The van der Waals surface area contributed by atoms with E-state index in [0.29, 0.717) is 0 Å². The summed E-state index contributed by atoms with van der Waals surface area (Å²) in [6.45, 7) is 5.51. The van der Waals surface area contributed by atoms with E-state index in [2.05, 4.69) is 43.4 Å². The average Bonchev–Trinajstić information content (AvgIpc) is 2.32. The topological polar surface area (TPSA) is 12.0 Å². The van der Waals surface area contributed by atoms with Crippen LogP contribution in [-0.4, -0.2) is 12.6 Å². The van der Waals surface area contributed by atoms with Gasteiger partial charge < -0.3 is 5.32 Å². The highest BCUT2D eigenvalue weighted by molar-refractivity contribution is 5.22. The molecule has 0 amide bonds. The number of hydrogen-bond donors (Lipinski definition) is 1. The molecule has 1 fully saturated rings. The van der Waals surface area contributed by atoms with Crippen molar-refractivity contribution in [3.63, 3.8) is 0 Å². The molecule has 0 aliphatic heterocycles. The van der Waals surface area contributed by atoms with E-state index in [4.69, 9.17) is 0 Å². The van der Waals surface area contributed by atoms with Crippen molar-refractivity contribution in [1.29, 1.82) is 0 Å². The van der Waals surface area contributed by atoms with Gasteiger partial charge in [0.2, 0.25) is 0 Å². The van der Waals surface area contributed by atoms with E-state index >= 15 is 0 Å². The van der Waals surface area contributed by atoms with Gasteiger partial charge in [-0.15, -0.1) is 0 Å². The molecule has 0 saturated heterocycles. The van der Waals surface area contributed by atoms with Crippen LogP contribution in [0.15, 0.2) is 24.3 Å². The van der Waals surface area contributed by atoms with Crippen LogP contribution in [-0.2, 0) is 6.42 Å². The molecule has 1 aliphatic carbocycles. The number of hydrogen-bond acceptors (Lipinski definition) is 1. The first-order valence-electron chi connectivity index (χ1n) is 7.08. The lowest BCUT2D eigenvalue weighted by molar-refractivity contribution is 0.264. The summed E-state index contributed by atoms with van der Waals surface area (Å²) < 4.78 is 0. The minimum Gasteiger partial charge on any atom is -0.314 e. The zero-order valence-electron chi connectivity index (χ0n) is 11.2. The van der Waals surface area contributed by atoms with Crippen LogP contribution in [0, 0.1) is 12.8 Å². The predicted octanol–water partition coefficient (Wildman–Crippen LogP) is 3.71. The van der Waals surface area contributed by atoms with E-state index in [1.807, 2.05) is 0 Å². The van der Waals surface area contributed by atoms with Gasteiger partial charge in [0.1, 0.15) is 0 Å². The van der Waals surface area contributed by atoms with Gasteiger partial charge in [0.25, 0.3) is 0 Å². The van der Waals surface area contributed by atoms with Gasteiger partial charge in [0.15, 0.2) is 0 Å². The maximum Gasteiger partial charge on any atom is 0.00983 e. The van der Waals surface area contributed by atoms with Crippen LogP contribution < -0.4 is 5.32 Å². The van der Waals surface area contributed by atoms with E-state index in [9.17, 15) is 0 Å². The lowest BCUT2D eigenvalue weighted by Gasteiger charge is -2.32. The van der Waals surface area contributed by atoms with Gasteiger partial charge in [-0.2, -0.15) is 0 Å². The van der Waals surface area contributed by atoms with Crippen LogP contribution in [0.3, 0.4) is 0 Å². The Hall–Kier alpha value is -0.820. The SMILES string of the molecule is CCNC1CCCCC1Cc1cccc(C)c1. The van der Waals surface area contributed by atoms with Gasteiger partial charge in [-0.05, 0) is 44.2 Å². The Morgan fingerprint density at radius 1 is 1.24 bits per heavy atom. The summed E-state index contributed by atoms with van der Waals surface area (Å²) >= 11 is 0. The summed E-state index contributed by atoms with van der Waals surface area (Å²) in [5, 5.41) is 3.67. The van der Waals surface area contributed by atoms with Crippen LogP contribution in [0.1, 0.15) is 43.7 Å². The Balaban J connectivity index is 2.00. The molecule has 0 spiro atoms. The predicted molar refractivity (Wildman–Crippen MR) is 74.3 cm³/mol. The number of rotatable bonds is 4. The Labute approximate surface area is 106 Å². The lowest BCUT2D eigenvalue weighted by Crippen LogP contribution is -2.39. The zero-order valence-corrected chi connectivity index (χ0v) is 11.2. The summed E-state index contributed by atoms with van der Waals surface area (Å²) in [4.78, 5) is 0. The Bertz CT molecular complexity index is 343. The largest absolute Gasteiger partial charge is 0.314 e. The molecule has 1 N–H and O–H groups in total. The van der Waals surface area contributed by atoms with Gasteiger partial charge in [0, 0.05) is 6.04 Å². The fourth-order valence-corrected chi connectivity index (χ4v) is 3.12. The maximum atomic E-state index is 3.67. The van der Waals surface area contributed by atoms with Crippen molar-refractivity contribution in [1.82, 2.24) is 5.32 Å². The highest BCUT2D eigenvalue weighted by atomic mass is 14.9. The molecule has 0 bridgehead atoms. The second-order valence-electron chi connectivity index (χ2n) is 5.40. The molecule has 1 aliphatic rings. The maximum absolute atomic E-state index is 3.67. The van der Waals surface area contributed by atoms with Crippen molar-refractivity contribution in [2.75, 3.05) is 6.54 Å². The van der Waals surface area contributed by atoms with Crippen LogP contribution in [0.5, 0.6) is 0 Å². The third kappa shape index (κ3) is 3.57. The number of nitrogens with one attached hydrogen (secondary N) is 1. The van der Waals surface area contributed by atoms with E-state index in [0.717, 1.165) is 18.5 Å². The average molecular weight is 231 g/mol. The molecule has 2 unspecified atom stereocenters. The second kappa shape index (κ2) is 6.20. The third-order valence-electron chi connectivity index (χ3n) is 3.96. The monoisotopic (exact) mass is 231 g/mol. The number of aryl methyl sites for hydroxylation is 1. The Kier molecular flexibility index (Phi) is 4.61. The molecular weight excluding hydrogens is 206 g/mol. The standard InChI is InChI=1S/C16H25N/c1-3-17-16-10-5-4-9-15(16)12-14-8-6-7-13(2)11-14/h6-8,11,15-17H,3-5,9-10,12H2,1-2H3. The molecule has 17 heavy (non-hydrogen) atoms. The highest BCUT2D eigenvalue weighted by Crippen LogP contribution is 2.27. The van der Waals surface area contributed by atoms with Gasteiger partial charge in [-0.1, -0.05) is 49.6 Å². The van der Waals surface area contributed by atoms with Crippen LogP contribution in [0.2, 0.25) is 0 Å². The quantitative estimate of drug-likeness (QED) is 0.833. The molecule has 0 aromatic heterocycles. The van der Waals surface area contributed by atoms with E-state index in [-0.39, 0.29) is 0 Å². The molecular formula is C16H25N. The van der Waals surface area contributed by atoms with E-state index < -0.39 is 0 Å². The Morgan fingerprint density at radius 3 is 2.82 bits per heavy atom. The van der Waals surface area contributed by atoms with Gasteiger partial charge in [0.05, 0.1) is 0 Å². The van der Waals surface area contributed by atoms with E-state index in [1.54, 1.807) is 0 Å². The van der Waals surface area contributed by atoms with Gasteiger partial charge in [-0.25, -0.2) is 0 Å². The molecule has 0 heterocycles. The molecule has 0 radical (unpaired) electrons. The zero-order chi connectivity index (χ0) is 12.1. The third-order valence-corrected chi connectivity index (χ3v) is 3.96. The summed E-state index contributed by atoms with van der Waals surface area (Å²) in [7, 11) is 0. The Morgan fingerprint density at radius 2 is 2.06 bits per heavy atom. The summed E-state index contributed by atoms with van der Waals surface area (Å²) in [5.74, 6) is 0.838. The van der Waals surface area contributed by atoms with Crippen molar-refractivity contribution in [2.24, 2.45) is 5.92 Å². The minimum absolute atomic E-state index is 0.745. The first-order chi connectivity index (χ1) is 8.29. The van der Waals surface area contributed by atoms with Crippen molar-refractivity contribution >= 4 is 0 Å². The molecule has 1 nitrogen and oxygen atoms in total. The van der Waals surface area contributed by atoms with Crippen molar-refractivity contribution in [3.05, 3.63) is 35.4 Å². The lowest BCUT2D eigenvalue weighted by atomic mass is 9.80. The smallest absolute Gasteiger partial charge is 0.00983 e. The first kappa shape index (κ1) is 12.6. The fraction of sp³-hybridized carbons (Fsp3) is 0.625. The molecule has 94 valence electrons.